The first-order valence-electron chi connectivity index (χ1n) is 11.6. The van der Waals surface area contributed by atoms with Gasteiger partial charge in [0.15, 0.2) is 0 Å². The minimum atomic E-state index is -1.72. The van der Waals surface area contributed by atoms with Crippen LogP contribution in [0.1, 0.15) is 24.0 Å². The third-order valence-corrected chi connectivity index (χ3v) is 6.16. The number of benzene rings is 2. The van der Waals surface area contributed by atoms with Crippen LogP contribution in [0, 0.1) is 21.7 Å². The minimum Gasteiger partial charge on any atom is -0.459 e. The maximum Gasteiger partial charge on any atom is 0.331 e. The summed E-state index contributed by atoms with van der Waals surface area (Å²) in [6, 6.07) is 9.10. The van der Waals surface area contributed by atoms with Crippen molar-refractivity contribution in [2.24, 2.45) is 0 Å². The molecule has 4 rings (SSSR count). The van der Waals surface area contributed by atoms with Gasteiger partial charge in [0.2, 0.25) is 0 Å². The maximum absolute atomic E-state index is 14.6. The van der Waals surface area contributed by atoms with Crippen molar-refractivity contribution in [1.29, 1.82) is 0 Å². The van der Waals surface area contributed by atoms with E-state index in [9.17, 15) is 28.8 Å². The highest BCUT2D eigenvalue weighted by Gasteiger charge is 2.37. The summed E-state index contributed by atoms with van der Waals surface area (Å²) in [5, 5.41) is 26.6. The lowest BCUT2D eigenvalue weighted by Crippen LogP contribution is -2.48. The third-order valence-electron chi connectivity index (χ3n) is 6.16. The van der Waals surface area contributed by atoms with Crippen LogP contribution >= 0.6 is 0 Å². The molecule has 37 heavy (non-hydrogen) atoms. The third kappa shape index (κ3) is 6.60. The molecule has 12 heteroatoms. The molecule has 1 atom stereocenters. The summed E-state index contributed by atoms with van der Waals surface area (Å²) in [4.78, 5) is 28.6. The molecule has 2 heterocycles. The van der Waals surface area contributed by atoms with Crippen molar-refractivity contribution >= 4 is 17.7 Å². The van der Waals surface area contributed by atoms with Crippen molar-refractivity contribution in [2.75, 3.05) is 19.6 Å². The molecule has 0 spiro atoms. The summed E-state index contributed by atoms with van der Waals surface area (Å²) >= 11 is 0. The van der Waals surface area contributed by atoms with Gasteiger partial charge in [0.25, 0.3) is 5.69 Å². The largest absolute Gasteiger partial charge is 0.459 e. The van der Waals surface area contributed by atoms with Gasteiger partial charge < -0.3 is 9.84 Å². The van der Waals surface area contributed by atoms with Crippen LogP contribution in [0.2, 0.25) is 0 Å². The van der Waals surface area contributed by atoms with E-state index in [-0.39, 0.29) is 30.4 Å². The standard InChI is InChI=1S/C25H25F2N5O5/c26-19-6-7-21(22(27)13-19)25(34,15-31-17-28-16-29-31)14-30-11-9-20(10-12-30)37-24(33)8-5-18-3-1-2-4-23(18)32(35)36/h1-8,13,16-17,20,34H,9-12,14-15H2/b8-5+. The van der Waals surface area contributed by atoms with Gasteiger partial charge in [0, 0.05) is 43.4 Å². The Kier molecular flexibility index (Phi) is 7.99. The maximum atomic E-state index is 14.6. The van der Waals surface area contributed by atoms with E-state index < -0.39 is 28.1 Å². The van der Waals surface area contributed by atoms with Crippen molar-refractivity contribution in [3.05, 3.63) is 94.1 Å². The van der Waals surface area contributed by atoms with Crippen LogP contribution in [0.4, 0.5) is 14.5 Å². The number of halogens is 2. The number of aliphatic hydroxyl groups is 1. The molecular weight excluding hydrogens is 488 g/mol. The highest BCUT2D eigenvalue weighted by molar-refractivity contribution is 5.88. The molecule has 0 amide bonds. The fourth-order valence-corrected chi connectivity index (χ4v) is 4.38. The SMILES string of the molecule is O=C(/C=C/c1ccccc1[N+](=O)[O-])OC1CCN(CC(O)(Cn2cncn2)c2ccc(F)cc2F)CC1. The molecule has 1 aromatic heterocycles. The molecule has 1 fully saturated rings. The lowest BCUT2D eigenvalue weighted by Gasteiger charge is -2.38. The minimum absolute atomic E-state index is 0.0354. The Morgan fingerprint density at radius 1 is 1.22 bits per heavy atom. The Balaban J connectivity index is 1.37. The van der Waals surface area contributed by atoms with E-state index in [1.165, 1.54) is 41.6 Å². The molecule has 194 valence electrons. The Hall–Kier alpha value is -4.03. The van der Waals surface area contributed by atoms with Crippen molar-refractivity contribution in [1.82, 2.24) is 19.7 Å². The molecular formula is C25H25F2N5O5. The van der Waals surface area contributed by atoms with Gasteiger partial charge in [-0.05, 0) is 31.1 Å². The van der Waals surface area contributed by atoms with Crippen molar-refractivity contribution in [3.8, 4) is 0 Å². The second-order valence-electron chi connectivity index (χ2n) is 8.81. The number of rotatable bonds is 9. The molecule has 1 aliphatic rings. The number of aromatic nitrogens is 3. The fraction of sp³-hybridized carbons (Fsp3) is 0.320. The van der Waals surface area contributed by atoms with Crippen LogP contribution in [-0.2, 0) is 21.7 Å². The molecule has 0 radical (unpaired) electrons. The number of ether oxygens (including phenoxy) is 1. The van der Waals surface area contributed by atoms with Crippen LogP contribution in [-0.4, -0.2) is 61.4 Å². The Bertz CT molecular complexity index is 1280. The van der Waals surface area contributed by atoms with E-state index in [1.807, 2.05) is 4.90 Å². The number of β-amino-alcohol motifs (C(OH)–C–C–N with tert-alkyl or cyclic N) is 1. The molecule has 1 unspecified atom stereocenters. The molecule has 0 saturated carbocycles. The summed E-state index contributed by atoms with van der Waals surface area (Å²) in [7, 11) is 0. The van der Waals surface area contributed by atoms with Gasteiger partial charge in [-0.2, -0.15) is 5.10 Å². The van der Waals surface area contributed by atoms with Gasteiger partial charge in [-0.3, -0.25) is 15.0 Å². The predicted octanol–water partition coefficient (Wildman–Crippen LogP) is 3.07. The van der Waals surface area contributed by atoms with Gasteiger partial charge in [0.05, 0.1) is 17.0 Å². The number of nitro benzene ring substituents is 1. The van der Waals surface area contributed by atoms with E-state index in [2.05, 4.69) is 10.1 Å². The average Bonchev–Trinajstić information content (AvgIpc) is 3.36. The second kappa shape index (κ2) is 11.4. The van der Waals surface area contributed by atoms with Crippen molar-refractivity contribution < 1.29 is 28.3 Å². The average molecular weight is 514 g/mol. The Morgan fingerprint density at radius 3 is 2.65 bits per heavy atom. The number of para-hydroxylation sites is 1. The lowest BCUT2D eigenvalue weighted by atomic mass is 9.91. The number of piperidine rings is 1. The molecule has 0 bridgehead atoms. The highest BCUT2D eigenvalue weighted by atomic mass is 19.1. The molecule has 1 N–H and O–H groups in total. The first-order chi connectivity index (χ1) is 17.7. The van der Waals surface area contributed by atoms with Crippen LogP contribution in [0.5, 0.6) is 0 Å². The first-order valence-corrected chi connectivity index (χ1v) is 11.6. The highest BCUT2D eigenvalue weighted by Crippen LogP contribution is 2.29. The number of carbonyl (C=O) groups is 1. The lowest BCUT2D eigenvalue weighted by molar-refractivity contribution is -0.385. The number of nitro groups is 1. The van der Waals surface area contributed by atoms with E-state index in [0.717, 1.165) is 18.2 Å². The summed E-state index contributed by atoms with van der Waals surface area (Å²) in [5.41, 5.74) is -1.60. The summed E-state index contributed by atoms with van der Waals surface area (Å²) in [6.45, 7) is 0.844. The first kappa shape index (κ1) is 26.0. The van der Waals surface area contributed by atoms with Crippen LogP contribution in [0.3, 0.4) is 0 Å². The van der Waals surface area contributed by atoms with Crippen molar-refractivity contribution in [2.45, 2.75) is 31.1 Å². The Labute approximate surface area is 211 Å². The van der Waals surface area contributed by atoms with E-state index in [4.69, 9.17) is 4.74 Å². The molecule has 0 aliphatic carbocycles. The Morgan fingerprint density at radius 2 is 1.97 bits per heavy atom. The summed E-state index contributed by atoms with van der Waals surface area (Å²) in [5.74, 6) is -2.23. The van der Waals surface area contributed by atoms with Crippen molar-refractivity contribution in [3.63, 3.8) is 0 Å². The molecule has 1 aliphatic heterocycles. The molecule has 10 nitrogen and oxygen atoms in total. The predicted molar refractivity (Wildman–Crippen MR) is 128 cm³/mol. The summed E-state index contributed by atoms with van der Waals surface area (Å²) < 4.78 is 35.0. The van der Waals surface area contributed by atoms with Gasteiger partial charge in [-0.1, -0.05) is 18.2 Å². The van der Waals surface area contributed by atoms with E-state index in [0.29, 0.717) is 31.5 Å². The van der Waals surface area contributed by atoms with E-state index in [1.54, 1.807) is 12.1 Å². The number of esters is 1. The second-order valence-corrected chi connectivity index (χ2v) is 8.81. The van der Waals surface area contributed by atoms with Crippen LogP contribution in [0.15, 0.2) is 61.2 Å². The number of hydrogen-bond acceptors (Lipinski definition) is 8. The molecule has 3 aromatic rings. The van der Waals surface area contributed by atoms with Gasteiger partial charge >= 0.3 is 5.97 Å². The zero-order valence-electron chi connectivity index (χ0n) is 19.7. The smallest absolute Gasteiger partial charge is 0.331 e. The summed E-state index contributed by atoms with van der Waals surface area (Å²) in [6.07, 6.45) is 5.75. The van der Waals surface area contributed by atoms with Gasteiger partial charge in [-0.15, -0.1) is 0 Å². The quantitative estimate of drug-likeness (QED) is 0.200. The fourth-order valence-electron chi connectivity index (χ4n) is 4.38. The monoisotopic (exact) mass is 513 g/mol. The van der Waals surface area contributed by atoms with Gasteiger partial charge in [-0.25, -0.2) is 23.2 Å². The molecule has 2 aromatic carbocycles. The van der Waals surface area contributed by atoms with Gasteiger partial charge in [0.1, 0.15) is 36.0 Å². The number of likely N-dealkylation sites (tertiary alicyclic amines) is 1. The number of hydrogen-bond donors (Lipinski definition) is 1. The number of nitrogens with zero attached hydrogens (tertiary/aromatic N) is 5. The zero-order chi connectivity index (χ0) is 26.4. The van der Waals surface area contributed by atoms with Crippen LogP contribution < -0.4 is 0 Å². The van der Waals surface area contributed by atoms with Crippen LogP contribution in [0.25, 0.3) is 6.08 Å². The molecule has 1 saturated heterocycles. The number of carbonyl (C=O) groups excluding carboxylic acids is 1. The zero-order valence-corrected chi connectivity index (χ0v) is 19.7. The topological polar surface area (TPSA) is 124 Å². The normalized spacial score (nSPS) is 16.5. The van der Waals surface area contributed by atoms with E-state index >= 15 is 0 Å².